The fraction of sp³-hybridized carbons (Fsp3) is 0.0476. The molecule has 0 unspecified atom stereocenters. The summed E-state index contributed by atoms with van der Waals surface area (Å²) in [5.74, 6) is 0.299. The standard InChI is InChI=1S/C21H14IN3O4/c22-15-3-1-2-14(11-15)21-24-18-12-16(6-9-19(18)29-21)23-20(26)10-13-4-7-17(8-5-13)25(27)28/h1-9,11-12H,10H2,(H,23,26). The predicted molar refractivity (Wildman–Crippen MR) is 118 cm³/mol. The molecule has 1 amide bonds. The Bertz CT molecular complexity index is 1220. The van der Waals surface area contributed by atoms with Crippen LogP contribution in [-0.2, 0) is 11.2 Å². The van der Waals surface area contributed by atoms with Crippen molar-refractivity contribution >= 4 is 51.0 Å². The largest absolute Gasteiger partial charge is 0.436 e. The molecule has 0 spiro atoms. The average Bonchev–Trinajstić information content (AvgIpc) is 3.12. The zero-order valence-corrected chi connectivity index (χ0v) is 17.1. The Morgan fingerprint density at radius 2 is 1.90 bits per heavy atom. The fourth-order valence-electron chi connectivity index (χ4n) is 2.88. The summed E-state index contributed by atoms with van der Waals surface area (Å²) in [5, 5.41) is 13.5. The van der Waals surface area contributed by atoms with Gasteiger partial charge in [0.25, 0.3) is 5.69 Å². The van der Waals surface area contributed by atoms with E-state index in [2.05, 4.69) is 32.9 Å². The summed E-state index contributed by atoms with van der Waals surface area (Å²) in [6, 6.07) is 19.0. The zero-order valence-electron chi connectivity index (χ0n) is 15.0. The van der Waals surface area contributed by atoms with Crippen LogP contribution in [0.25, 0.3) is 22.6 Å². The summed E-state index contributed by atoms with van der Waals surface area (Å²) in [6.45, 7) is 0. The number of carbonyl (C=O) groups is 1. The molecule has 0 saturated carbocycles. The van der Waals surface area contributed by atoms with Crippen LogP contribution in [0.5, 0.6) is 0 Å². The Morgan fingerprint density at radius 3 is 2.62 bits per heavy atom. The first-order chi connectivity index (χ1) is 14.0. The first-order valence-electron chi connectivity index (χ1n) is 8.68. The highest BCUT2D eigenvalue weighted by atomic mass is 127. The Labute approximate surface area is 179 Å². The number of nitrogens with zero attached hydrogens (tertiary/aromatic N) is 2. The van der Waals surface area contributed by atoms with Gasteiger partial charge in [0, 0.05) is 27.0 Å². The van der Waals surface area contributed by atoms with Gasteiger partial charge in [0.2, 0.25) is 11.8 Å². The third-order valence-electron chi connectivity index (χ3n) is 4.25. The van der Waals surface area contributed by atoms with Gasteiger partial charge in [-0.2, -0.15) is 0 Å². The summed E-state index contributed by atoms with van der Waals surface area (Å²) in [5.41, 5.74) is 3.45. The van der Waals surface area contributed by atoms with Gasteiger partial charge in [0.1, 0.15) is 5.52 Å². The zero-order chi connectivity index (χ0) is 20.4. The molecule has 0 fully saturated rings. The number of hydrogen-bond donors (Lipinski definition) is 1. The molecule has 144 valence electrons. The molecular weight excluding hydrogens is 485 g/mol. The summed E-state index contributed by atoms with van der Waals surface area (Å²) in [6.07, 6.45) is 0.114. The smallest absolute Gasteiger partial charge is 0.269 e. The van der Waals surface area contributed by atoms with E-state index in [9.17, 15) is 14.9 Å². The predicted octanol–water partition coefficient (Wildman–Crippen LogP) is 5.19. The van der Waals surface area contributed by atoms with Crippen molar-refractivity contribution in [3.63, 3.8) is 0 Å². The van der Waals surface area contributed by atoms with Crippen molar-refractivity contribution in [1.82, 2.24) is 4.98 Å². The molecule has 1 N–H and O–H groups in total. The molecule has 1 heterocycles. The second-order valence-electron chi connectivity index (χ2n) is 6.36. The van der Waals surface area contributed by atoms with Crippen LogP contribution < -0.4 is 5.32 Å². The number of nitro benzene ring substituents is 1. The maximum absolute atomic E-state index is 12.3. The minimum atomic E-state index is -0.471. The van der Waals surface area contributed by atoms with Crippen molar-refractivity contribution in [2.45, 2.75) is 6.42 Å². The summed E-state index contributed by atoms with van der Waals surface area (Å²) in [7, 11) is 0. The van der Waals surface area contributed by atoms with E-state index in [0.29, 0.717) is 28.2 Å². The van der Waals surface area contributed by atoms with Gasteiger partial charge in [-0.15, -0.1) is 0 Å². The first-order valence-corrected chi connectivity index (χ1v) is 9.75. The van der Waals surface area contributed by atoms with Gasteiger partial charge in [0.15, 0.2) is 5.58 Å². The van der Waals surface area contributed by atoms with Gasteiger partial charge in [-0.1, -0.05) is 18.2 Å². The minimum Gasteiger partial charge on any atom is -0.436 e. The van der Waals surface area contributed by atoms with E-state index >= 15 is 0 Å². The van der Waals surface area contributed by atoms with E-state index < -0.39 is 4.92 Å². The molecule has 0 bridgehead atoms. The number of nitrogens with one attached hydrogen (secondary N) is 1. The number of carbonyl (C=O) groups excluding carboxylic acids is 1. The lowest BCUT2D eigenvalue weighted by molar-refractivity contribution is -0.384. The van der Waals surface area contributed by atoms with Crippen molar-refractivity contribution in [3.05, 3.63) is 86.0 Å². The number of oxazole rings is 1. The van der Waals surface area contributed by atoms with Crippen molar-refractivity contribution in [2.24, 2.45) is 0 Å². The average molecular weight is 499 g/mol. The van der Waals surface area contributed by atoms with Gasteiger partial charge in [-0.25, -0.2) is 4.98 Å². The Morgan fingerprint density at radius 1 is 1.10 bits per heavy atom. The lowest BCUT2D eigenvalue weighted by Crippen LogP contribution is -2.14. The molecule has 0 radical (unpaired) electrons. The number of halogens is 1. The molecule has 0 aliphatic rings. The van der Waals surface area contributed by atoms with Gasteiger partial charge in [0.05, 0.1) is 11.3 Å². The number of non-ortho nitro benzene ring substituents is 1. The molecule has 8 heteroatoms. The minimum absolute atomic E-state index is 0.00505. The molecule has 7 nitrogen and oxygen atoms in total. The lowest BCUT2D eigenvalue weighted by Gasteiger charge is -2.05. The van der Waals surface area contributed by atoms with Crippen LogP contribution in [0, 0.1) is 13.7 Å². The highest BCUT2D eigenvalue weighted by Gasteiger charge is 2.11. The molecule has 0 saturated heterocycles. The molecule has 0 atom stereocenters. The number of amides is 1. The molecule has 4 aromatic rings. The van der Waals surface area contributed by atoms with Crippen molar-refractivity contribution in [1.29, 1.82) is 0 Å². The van der Waals surface area contributed by atoms with E-state index in [4.69, 9.17) is 4.42 Å². The number of aromatic nitrogens is 1. The van der Waals surface area contributed by atoms with E-state index in [1.54, 1.807) is 30.3 Å². The second-order valence-corrected chi connectivity index (χ2v) is 7.61. The van der Waals surface area contributed by atoms with Crippen molar-refractivity contribution < 1.29 is 14.1 Å². The third-order valence-corrected chi connectivity index (χ3v) is 4.93. The monoisotopic (exact) mass is 499 g/mol. The van der Waals surface area contributed by atoms with E-state index in [1.165, 1.54) is 12.1 Å². The molecular formula is C21H14IN3O4. The number of benzene rings is 3. The topological polar surface area (TPSA) is 98.3 Å². The summed E-state index contributed by atoms with van der Waals surface area (Å²) in [4.78, 5) is 27.1. The van der Waals surface area contributed by atoms with Crippen LogP contribution in [-0.4, -0.2) is 15.8 Å². The quantitative estimate of drug-likeness (QED) is 0.232. The molecule has 1 aromatic heterocycles. The van der Waals surface area contributed by atoms with Crippen LogP contribution in [0.2, 0.25) is 0 Å². The van der Waals surface area contributed by atoms with E-state index in [-0.39, 0.29) is 18.0 Å². The highest BCUT2D eigenvalue weighted by Crippen LogP contribution is 2.27. The molecule has 4 rings (SSSR count). The SMILES string of the molecule is O=C(Cc1ccc([N+](=O)[O-])cc1)Nc1ccc2oc(-c3cccc(I)c3)nc2c1. The summed E-state index contributed by atoms with van der Waals surface area (Å²) >= 11 is 2.23. The van der Waals surface area contributed by atoms with E-state index in [1.807, 2.05) is 24.3 Å². The molecule has 0 aliphatic carbocycles. The van der Waals surface area contributed by atoms with Crippen molar-refractivity contribution in [3.8, 4) is 11.5 Å². The Hall–Kier alpha value is -3.27. The number of nitro groups is 1. The maximum atomic E-state index is 12.3. The number of hydrogen-bond acceptors (Lipinski definition) is 5. The molecule has 0 aliphatic heterocycles. The molecule has 29 heavy (non-hydrogen) atoms. The van der Waals surface area contributed by atoms with Crippen LogP contribution >= 0.6 is 22.6 Å². The lowest BCUT2D eigenvalue weighted by atomic mass is 10.1. The second kappa shape index (κ2) is 8.00. The van der Waals surface area contributed by atoms with E-state index in [0.717, 1.165) is 9.13 Å². The van der Waals surface area contributed by atoms with Crippen molar-refractivity contribution in [2.75, 3.05) is 5.32 Å². The van der Waals surface area contributed by atoms with Gasteiger partial charge in [-0.05, 0) is 64.6 Å². The Balaban J connectivity index is 1.49. The maximum Gasteiger partial charge on any atom is 0.269 e. The number of rotatable bonds is 5. The van der Waals surface area contributed by atoms with Gasteiger partial charge < -0.3 is 9.73 Å². The number of anilines is 1. The normalized spacial score (nSPS) is 10.8. The molecule has 3 aromatic carbocycles. The van der Waals surface area contributed by atoms with Crippen LogP contribution in [0.3, 0.4) is 0 Å². The highest BCUT2D eigenvalue weighted by molar-refractivity contribution is 14.1. The first kappa shape index (κ1) is 19.1. The Kier molecular flexibility index (Phi) is 5.26. The van der Waals surface area contributed by atoms with Crippen LogP contribution in [0.15, 0.2) is 71.1 Å². The van der Waals surface area contributed by atoms with Crippen LogP contribution in [0.4, 0.5) is 11.4 Å². The third kappa shape index (κ3) is 4.43. The fourth-order valence-corrected chi connectivity index (χ4v) is 3.42. The number of fused-ring (bicyclic) bond motifs is 1. The van der Waals surface area contributed by atoms with Gasteiger partial charge in [-0.3, -0.25) is 14.9 Å². The summed E-state index contributed by atoms with van der Waals surface area (Å²) < 4.78 is 6.90. The van der Waals surface area contributed by atoms with Gasteiger partial charge >= 0.3 is 0 Å². The van der Waals surface area contributed by atoms with Crippen LogP contribution in [0.1, 0.15) is 5.56 Å².